The normalized spacial score (nSPS) is 9.55. The zero-order chi connectivity index (χ0) is 8.10. The Bertz CT molecular complexity index is 271. The first-order valence-corrected chi connectivity index (χ1v) is 3.92. The molecule has 1 rings (SSSR count). The molecule has 1 N–H and O–H groups in total. The Morgan fingerprint density at radius 1 is 1.73 bits per heavy atom. The summed E-state index contributed by atoms with van der Waals surface area (Å²) in [6.45, 7) is 2.76. The second kappa shape index (κ2) is 4.08. The lowest BCUT2D eigenvalue weighted by Crippen LogP contribution is -1.97. The van der Waals surface area contributed by atoms with E-state index in [4.69, 9.17) is 17.0 Å². The summed E-state index contributed by atoms with van der Waals surface area (Å²) in [4.78, 5) is 6.65. The predicted molar refractivity (Wildman–Crippen MR) is 45.2 cm³/mol. The first kappa shape index (κ1) is 8.20. The van der Waals surface area contributed by atoms with Gasteiger partial charge in [-0.25, -0.2) is 4.98 Å². The van der Waals surface area contributed by atoms with Crippen LogP contribution in [0.5, 0.6) is 5.88 Å². The van der Waals surface area contributed by atoms with Crippen LogP contribution in [-0.4, -0.2) is 16.6 Å². The largest absolute Gasteiger partial charge is 0.479 e. The topological polar surface area (TPSA) is 37.9 Å². The minimum absolute atomic E-state index is 0.457. The first-order chi connectivity index (χ1) is 5.33. The number of nitrogens with one attached hydrogen (secondary N) is 1. The van der Waals surface area contributed by atoms with Gasteiger partial charge < -0.3 is 9.72 Å². The Balaban J connectivity index is 2.64. The van der Waals surface area contributed by atoms with E-state index < -0.39 is 0 Å². The predicted octanol–water partition coefficient (Wildman–Crippen LogP) is 1.93. The summed E-state index contributed by atoms with van der Waals surface area (Å²) in [6.07, 6.45) is 2.62. The van der Waals surface area contributed by atoms with Crippen LogP contribution < -0.4 is 4.74 Å². The van der Waals surface area contributed by atoms with E-state index in [1.807, 2.05) is 0 Å². The smallest absolute Gasteiger partial charge is 0.199 e. The fourth-order valence-electron chi connectivity index (χ4n) is 0.648. The Hall–Kier alpha value is -0.900. The molecule has 4 heteroatoms. The molecule has 0 aromatic carbocycles. The van der Waals surface area contributed by atoms with E-state index in [1.165, 1.54) is 0 Å². The molecule has 0 aliphatic rings. The molecule has 11 heavy (non-hydrogen) atoms. The minimum Gasteiger partial charge on any atom is -0.479 e. The molecule has 1 aromatic heterocycles. The number of aromatic nitrogens is 2. The van der Waals surface area contributed by atoms with Crippen molar-refractivity contribution in [2.45, 2.75) is 13.3 Å². The van der Waals surface area contributed by atoms with E-state index in [0.29, 0.717) is 17.3 Å². The maximum atomic E-state index is 5.27. The van der Waals surface area contributed by atoms with Crippen LogP contribution >= 0.6 is 12.2 Å². The van der Waals surface area contributed by atoms with Gasteiger partial charge in [0.2, 0.25) is 0 Å². The third-order valence-corrected chi connectivity index (χ3v) is 1.32. The van der Waals surface area contributed by atoms with E-state index >= 15 is 0 Å². The van der Waals surface area contributed by atoms with Crippen molar-refractivity contribution >= 4 is 12.2 Å². The molecule has 0 aliphatic heterocycles. The van der Waals surface area contributed by atoms with Gasteiger partial charge in [0.25, 0.3) is 0 Å². The molecule has 0 fully saturated rings. The fraction of sp³-hybridized carbons (Fsp3) is 0.429. The van der Waals surface area contributed by atoms with E-state index in [2.05, 4.69) is 16.9 Å². The molecule has 0 saturated carbocycles. The van der Waals surface area contributed by atoms with E-state index in [-0.39, 0.29) is 0 Å². The van der Waals surface area contributed by atoms with Gasteiger partial charge in [0, 0.05) is 12.3 Å². The Morgan fingerprint density at radius 2 is 2.55 bits per heavy atom. The number of aromatic amines is 1. The van der Waals surface area contributed by atoms with E-state index in [0.717, 1.165) is 6.42 Å². The molecule has 1 aromatic rings. The molecule has 0 unspecified atom stereocenters. The molecule has 0 saturated heterocycles. The summed E-state index contributed by atoms with van der Waals surface area (Å²) >= 11 is 4.80. The van der Waals surface area contributed by atoms with Crippen LogP contribution in [0.1, 0.15) is 13.3 Å². The molecule has 0 amide bonds. The highest BCUT2D eigenvalue weighted by Gasteiger charge is 1.89. The fourth-order valence-corrected chi connectivity index (χ4v) is 0.810. The van der Waals surface area contributed by atoms with Crippen LogP contribution in [0.25, 0.3) is 0 Å². The number of hydrogen-bond donors (Lipinski definition) is 1. The van der Waals surface area contributed by atoms with Crippen LogP contribution in [0.2, 0.25) is 0 Å². The molecule has 1 heterocycles. The molecule has 0 spiro atoms. The second-order valence-electron chi connectivity index (χ2n) is 2.09. The van der Waals surface area contributed by atoms with Gasteiger partial charge in [0.1, 0.15) is 0 Å². The molecule has 0 radical (unpaired) electrons. The van der Waals surface area contributed by atoms with Crippen molar-refractivity contribution in [2.24, 2.45) is 0 Å². The van der Waals surface area contributed by atoms with Gasteiger partial charge in [-0.3, -0.25) is 0 Å². The Morgan fingerprint density at radius 3 is 3.18 bits per heavy atom. The molecule has 0 bridgehead atoms. The van der Waals surface area contributed by atoms with Crippen LogP contribution in [0.15, 0.2) is 12.3 Å². The van der Waals surface area contributed by atoms with Gasteiger partial charge in [-0.2, -0.15) is 0 Å². The Kier molecular flexibility index (Phi) is 3.04. The van der Waals surface area contributed by atoms with Crippen molar-refractivity contribution in [3.05, 3.63) is 17.0 Å². The van der Waals surface area contributed by atoms with Gasteiger partial charge in [-0.05, 0) is 18.6 Å². The molecule has 60 valence electrons. The molecule has 0 atom stereocenters. The lowest BCUT2D eigenvalue weighted by atomic mass is 10.5. The maximum absolute atomic E-state index is 5.27. The first-order valence-electron chi connectivity index (χ1n) is 3.51. The lowest BCUT2D eigenvalue weighted by Gasteiger charge is -2.01. The Labute approximate surface area is 70.4 Å². The van der Waals surface area contributed by atoms with Crippen LogP contribution in [-0.2, 0) is 0 Å². The van der Waals surface area contributed by atoms with Gasteiger partial charge in [-0.1, -0.05) is 6.92 Å². The SMILES string of the molecule is CCCOc1ccnc(=S)[nH]1. The number of H-pyrrole nitrogens is 1. The molecule has 0 aliphatic carbocycles. The lowest BCUT2D eigenvalue weighted by molar-refractivity contribution is 0.304. The van der Waals surface area contributed by atoms with Gasteiger partial charge in [0.05, 0.1) is 6.61 Å². The number of rotatable bonds is 3. The van der Waals surface area contributed by atoms with Crippen LogP contribution in [0.4, 0.5) is 0 Å². The van der Waals surface area contributed by atoms with Crippen molar-refractivity contribution < 1.29 is 4.74 Å². The van der Waals surface area contributed by atoms with Gasteiger partial charge in [-0.15, -0.1) is 0 Å². The van der Waals surface area contributed by atoms with Crippen molar-refractivity contribution in [1.82, 2.24) is 9.97 Å². The average molecular weight is 170 g/mol. The third-order valence-electron chi connectivity index (χ3n) is 1.11. The third kappa shape index (κ3) is 2.67. The summed E-state index contributed by atoms with van der Waals surface area (Å²) in [5.41, 5.74) is 0. The summed E-state index contributed by atoms with van der Waals surface area (Å²) in [6, 6.07) is 1.76. The molecular formula is C7H10N2OS. The summed E-state index contributed by atoms with van der Waals surface area (Å²) in [7, 11) is 0. The van der Waals surface area contributed by atoms with Crippen LogP contribution in [0, 0.1) is 4.77 Å². The second-order valence-corrected chi connectivity index (χ2v) is 2.47. The van der Waals surface area contributed by atoms with E-state index in [9.17, 15) is 0 Å². The average Bonchev–Trinajstić information content (AvgIpc) is 2.01. The van der Waals surface area contributed by atoms with Gasteiger partial charge in [0.15, 0.2) is 10.7 Å². The zero-order valence-electron chi connectivity index (χ0n) is 6.33. The van der Waals surface area contributed by atoms with Gasteiger partial charge >= 0.3 is 0 Å². The number of hydrogen-bond acceptors (Lipinski definition) is 3. The van der Waals surface area contributed by atoms with Crippen LogP contribution in [0.3, 0.4) is 0 Å². The highest BCUT2D eigenvalue weighted by molar-refractivity contribution is 7.71. The standard InChI is InChI=1S/C7H10N2OS/c1-2-5-10-6-3-4-8-7(11)9-6/h3-4H,2,5H2,1H3,(H,8,9,11). The number of nitrogens with zero attached hydrogens (tertiary/aromatic N) is 1. The molecular weight excluding hydrogens is 160 g/mol. The molecule has 3 nitrogen and oxygen atoms in total. The maximum Gasteiger partial charge on any atom is 0.199 e. The summed E-state index contributed by atoms with van der Waals surface area (Å²) in [5.74, 6) is 0.687. The highest BCUT2D eigenvalue weighted by atomic mass is 32.1. The summed E-state index contributed by atoms with van der Waals surface area (Å²) < 4.78 is 5.73. The minimum atomic E-state index is 0.457. The van der Waals surface area contributed by atoms with Crippen molar-refractivity contribution in [3.63, 3.8) is 0 Å². The zero-order valence-corrected chi connectivity index (χ0v) is 7.15. The van der Waals surface area contributed by atoms with E-state index in [1.54, 1.807) is 12.3 Å². The van der Waals surface area contributed by atoms with Crippen molar-refractivity contribution in [1.29, 1.82) is 0 Å². The van der Waals surface area contributed by atoms with Crippen molar-refractivity contribution in [2.75, 3.05) is 6.61 Å². The number of ether oxygens (including phenoxy) is 1. The highest BCUT2D eigenvalue weighted by Crippen LogP contribution is 2.02. The van der Waals surface area contributed by atoms with Crippen molar-refractivity contribution in [3.8, 4) is 5.88 Å². The quantitative estimate of drug-likeness (QED) is 0.704. The monoisotopic (exact) mass is 170 g/mol. The summed E-state index contributed by atoms with van der Waals surface area (Å²) in [5, 5.41) is 0.